The van der Waals surface area contributed by atoms with Crippen LogP contribution in [0.15, 0.2) is 24.3 Å². The van der Waals surface area contributed by atoms with Crippen LogP contribution in [0.25, 0.3) is 0 Å². The molecule has 0 radical (unpaired) electrons. The van der Waals surface area contributed by atoms with Gasteiger partial charge in [-0.15, -0.1) is 0 Å². The van der Waals surface area contributed by atoms with E-state index in [0.717, 1.165) is 24.9 Å². The van der Waals surface area contributed by atoms with Crippen molar-refractivity contribution in [2.24, 2.45) is 0 Å². The maximum atomic E-state index is 13.4. The van der Waals surface area contributed by atoms with Gasteiger partial charge in [0.2, 0.25) is 5.91 Å². The minimum Gasteiger partial charge on any atom is -0.475 e. The molecule has 0 spiro atoms. The summed E-state index contributed by atoms with van der Waals surface area (Å²) in [6.07, 6.45) is -3.28. The van der Waals surface area contributed by atoms with Crippen LogP contribution in [-0.4, -0.2) is 85.1 Å². The number of fused-ring (bicyclic) bond motifs is 1. The summed E-state index contributed by atoms with van der Waals surface area (Å²) < 4.78 is 56.9. The number of benzene rings is 1. The fourth-order valence-electron chi connectivity index (χ4n) is 3.54. The average Bonchev–Trinajstić information content (AvgIpc) is 3.10. The molecule has 1 amide bonds. The molecule has 11 heteroatoms. The number of halogens is 4. The molecule has 31 heavy (non-hydrogen) atoms. The number of carboxylic acids is 1. The molecule has 3 rings (SSSR count). The van der Waals surface area contributed by atoms with E-state index in [-0.39, 0.29) is 36.6 Å². The number of amides is 1. The van der Waals surface area contributed by atoms with E-state index in [1.165, 1.54) is 11.0 Å². The second-order valence-electron chi connectivity index (χ2n) is 7.52. The molecule has 1 saturated carbocycles. The maximum absolute atomic E-state index is 13.4. The van der Waals surface area contributed by atoms with Crippen molar-refractivity contribution in [2.45, 2.75) is 43.8 Å². The van der Waals surface area contributed by atoms with Gasteiger partial charge in [-0.2, -0.15) is 13.2 Å². The first-order valence-electron chi connectivity index (χ1n) is 9.71. The molecule has 0 aromatic heterocycles. The monoisotopic (exact) mass is 450 g/mol. The van der Waals surface area contributed by atoms with Crippen molar-refractivity contribution in [3.8, 4) is 0 Å². The molecule has 0 bridgehead atoms. The van der Waals surface area contributed by atoms with Gasteiger partial charge in [-0.25, -0.2) is 9.18 Å². The SMILES string of the molecule is CN(C)C(=O)CO[C@@H]1CC[C@H]2[C@H]1OCCN2Cc1cccc(F)c1.O=C(O)C(F)(F)F. The molecule has 2 fully saturated rings. The Labute approximate surface area is 177 Å². The second kappa shape index (κ2) is 10.9. The third-order valence-electron chi connectivity index (χ3n) is 5.09. The second-order valence-corrected chi connectivity index (χ2v) is 7.52. The molecule has 7 nitrogen and oxygen atoms in total. The summed E-state index contributed by atoms with van der Waals surface area (Å²) in [5.74, 6) is -2.99. The summed E-state index contributed by atoms with van der Waals surface area (Å²) in [4.78, 5) is 24.5. The van der Waals surface area contributed by atoms with E-state index < -0.39 is 12.1 Å². The highest BCUT2D eigenvalue weighted by atomic mass is 19.4. The fourth-order valence-corrected chi connectivity index (χ4v) is 3.54. The van der Waals surface area contributed by atoms with Gasteiger partial charge in [0, 0.05) is 33.2 Å². The number of carboxylic acid groups (broad SMARTS) is 1. The molecule has 1 aromatic carbocycles. The van der Waals surface area contributed by atoms with Gasteiger partial charge < -0.3 is 19.5 Å². The maximum Gasteiger partial charge on any atom is 0.490 e. The number of aliphatic carboxylic acids is 1. The van der Waals surface area contributed by atoms with Gasteiger partial charge in [0.1, 0.15) is 12.4 Å². The van der Waals surface area contributed by atoms with Crippen molar-refractivity contribution in [3.63, 3.8) is 0 Å². The number of carbonyl (C=O) groups excluding carboxylic acids is 1. The Morgan fingerprint density at radius 1 is 1.29 bits per heavy atom. The van der Waals surface area contributed by atoms with Crippen molar-refractivity contribution >= 4 is 11.9 Å². The molecule has 1 aromatic rings. The lowest BCUT2D eigenvalue weighted by Crippen LogP contribution is -2.51. The van der Waals surface area contributed by atoms with E-state index in [1.54, 1.807) is 26.2 Å². The first-order valence-corrected chi connectivity index (χ1v) is 9.71. The number of nitrogens with zero attached hydrogens (tertiary/aromatic N) is 2. The molecular formula is C20H26F4N2O5. The number of alkyl halides is 3. The van der Waals surface area contributed by atoms with Gasteiger partial charge >= 0.3 is 12.1 Å². The van der Waals surface area contributed by atoms with Gasteiger partial charge in [0.15, 0.2) is 0 Å². The summed E-state index contributed by atoms with van der Waals surface area (Å²) in [5, 5.41) is 7.12. The van der Waals surface area contributed by atoms with E-state index in [1.807, 2.05) is 6.07 Å². The van der Waals surface area contributed by atoms with Crippen LogP contribution < -0.4 is 0 Å². The van der Waals surface area contributed by atoms with Crippen molar-refractivity contribution in [2.75, 3.05) is 33.9 Å². The largest absolute Gasteiger partial charge is 0.490 e. The highest BCUT2D eigenvalue weighted by Crippen LogP contribution is 2.33. The van der Waals surface area contributed by atoms with Gasteiger partial charge in [0.05, 0.1) is 18.8 Å². The van der Waals surface area contributed by atoms with Crippen molar-refractivity contribution < 1.29 is 41.7 Å². The third kappa shape index (κ3) is 7.44. The zero-order chi connectivity index (χ0) is 23.2. The fraction of sp³-hybridized carbons (Fsp3) is 0.600. The van der Waals surface area contributed by atoms with Gasteiger partial charge in [0.25, 0.3) is 0 Å². The molecule has 1 aliphatic heterocycles. The van der Waals surface area contributed by atoms with E-state index in [9.17, 15) is 22.4 Å². The van der Waals surface area contributed by atoms with Gasteiger partial charge in [-0.3, -0.25) is 9.69 Å². The Kier molecular flexibility index (Phi) is 8.78. The van der Waals surface area contributed by atoms with Crippen LogP contribution in [0.4, 0.5) is 17.6 Å². The average molecular weight is 450 g/mol. The number of hydrogen-bond donors (Lipinski definition) is 1. The van der Waals surface area contributed by atoms with Crippen LogP contribution in [0.1, 0.15) is 18.4 Å². The Morgan fingerprint density at radius 2 is 1.97 bits per heavy atom. The Hall–Kier alpha value is -2.24. The number of ether oxygens (including phenoxy) is 2. The van der Waals surface area contributed by atoms with Crippen molar-refractivity contribution in [1.29, 1.82) is 0 Å². The Morgan fingerprint density at radius 3 is 2.55 bits per heavy atom. The van der Waals surface area contributed by atoms with Gasteiger partial charge in [-0.1, -0.05) is 12.1 Å². The number of morpholine rings is 1. The van der Waals surface area contributed by atoms with Crippen molar-refractivity contribution in [1.82, 2.24) is 9.80 Å². The first kappa shape index (κ1) is 25.0. The van der Waals surface area contributed by atoms with E-state index >= 15 is 0 Å². The molecular weight excluding hydrogens is 424 g/mol. The summed E-state index contributed by atoms with van der Waals surface area (Å²) in [7, 11) is 3.45. The molecule has 1 N–H and O–H groups in total. The van der Waals surface area contributed by atoms with Crippen molar-refractivity contribution in [3.05, 3.63) is 35.6 Å². The van der Waals surface area contributed by atoms with Gasteiger partial charge in [-0.05, 0) is 30.5 Å². The summed E-state index contributed by atoms with van der Waals surface area (Å²) in [6.45, 7) is 2.28. The quantitative estimate of drug-likeness (QED) is 0.694. The lowest BCUT2D eigenvalue weighted by atomic mass is 10.1. The zero-order valence-electron chi connectivity index (χ0n) is 17.3. The molecule has 1 saturated heterocycles. The topological polar surface area (TPSA) is 79.3 Å². The minimum atomic E-state index is -5.08. The van der Waals surface area contributed by atoms with E-state index in [0.29, 0.717) is 13.2 Å². The third-order valence-corrected chi connectivity index (χ3v) is 5.09. The number of likely N-dealkylation sites (N-methyl/N-ethyl adjacent to an activating group) is 1. The molecule has 174 valence electrons. The lowest BCUT2D eigenvalue weighted by molar-refractivity contribution is -0.192. The number of carbonyl (C=O) groups is 2. The minimum absolute atomic E-state index is 0.0118. The standard InChI is InChI=1S/C18H25FN2O3.C2HF3O2/c1-20(2)17(22)12-24-16-7-6-15-18(16)23-9-8-21(15)11-13-4-3-5-14(19)10-13;3-2(4,5)1(6)7/h3-5,10,15-16,18H,6-9,11-12H2,1-2H3;(H,6,7)/t15-,16+,18+;/m0./s1. The highest BCUT2D eigenvalue weighted by molar-refractivity contribution is 5.76. The van der Waals surface area contributed by atoms with E-state index in [2.05, 4.69) is 4.90 Å². The van der Waals surface area contributed by atoms with Crippen LogP contribution in [0, 0.1) is 5.82 Å². The predicted octanol–water partition coefficient (Wildman–Crippen LogP) is 2.30. The van der Waals surface area contributed by atoms with Crippen LogP contribution >= 0.6 is 0 Å². The Bertz CT molecular complexity index is 759. The molecule has 2 aliphatic rings. The van der Waals surface area contributed by atoms with E-state index in [4.69, 9.17) is 19.4 Å². The highest BCUT2D eigenvalue weighted by Gasteiger charge is 2.43. The van der Waals surface area contributed by atoms with Crippen LogP contribution in [0.3, 0.4) is 0 Å². The van der Waals surface area contributed by atoms with Crippen LogP contribution in [0.2, 0.25) is 0 Å². The summed E-state index contributed by atoms with van der Waals surface area (Å²) in [6, 6.07) is 7.01. The first-order chi connectivity index (χ1) is 14.5. The number of hydrogen-bond acceptors (Lipinski definition) is 5. The number of rotatable bonds is 5. The molecule has 3 atom stereocenters. The molecule has 0 unspecified atom stereocenters. The summed E-state index contributed by atoms with van der Waals surface area (Å²) >= 11 is 0. The lowest BCUT2D eigenvalue weighted by Gasteiger charge is -2.39. The smallest absolute Gasteiger partial charge is 0.475 e. The van der Waals surface area contributed by atoms with Crippen LogP contribution in [0.5, 0.6) is 0 Å². The predicted molar refractivity (Wildman–Crippen MR) is 102 cm³/mol. The normalized spacial score (nSPS) is 23.5. The molecule has 1 aliphatic carbocycles. The molecule has 1 heterocycles. The zero-order valence-corrected chi connectivity index (χ0v) is 17.3. The Balaban J connectivity index is 0.000000423. The van der Waals surface area contributed by atoms with Crippen LogP contribution in [-0.2, 0) is 25.6 Å². The summed E-state index contributed by atoms with van der Waals surface area (Å²) in [5.41, 5.74) is 0.975.